The molecule has 2 unspecified atom stereocenters. The van der Waals surface area contributed by atoms with Crippen LogP contribution in [-0.4, -0.2) is 22.9 Å². The van der Waals surface area contributed by atoms with Crippen molar-refractivity contribution < 1.29 is 9.90 Å². The minimum absolute atomic E-state index is 0.0510. The third-order valence-corrected chi connectivity index (χ3v) is 4.25. The van der Waals surface area contributed by atoms with Crippen molar-refractivity contribution >= 4 is 17.7 Å². The Labute approximate surface area is 112 Å². The van der Waals surface area contributed by atoms with E-state index in [1.165, 1.54) is 4.90 Å². The first-order chi connectivity index (χ1) is 8.59. The molecule has 0 aliphatic carbocycles. The largest absolute Gasteiger partial charge is 0.481 e. The summed E-state index contributed by atoms with van der Waals surface area (Å²) in [6.07, 6.45) is 0.709. The number of carboxylic acid groups (broad SMARTS) is 1. The van der Waals surface area contributed by atoms with Crippen LogP contribution in [0.25, 0.3) is 0 Å². The van der Waals surface area contributed by atoms with Crippen LogP contribution >= 0.6 is 11.8 Å². The molecule has 0 bridgehead atoms. The molecule has 1 fully saturated rings. The first-order valence-corrected chi connectivity index (χ1v) is 7.19. The maximum atomic E-state index is 11.3. The van der Waals surface area contributed by atoms with Crippen molar-refractivity contribution in [1.29, 1.82) is 0 Å². The maximum absolute atomic E-state index is 11.3. The van der Waals surface area contributed by atoms with Gasteiger partial charge in [-0.05, 0) is 24.6 Å². The van der Waals surface area contributed by atoms with Gasteiger partial charge in [0.15, 0.2) is 0 Å². The fraction of sp³-hybridized carbons (Fsp3) is 0.500. The van der Waals surface area contributed by atoms with Crippen LogP contribution in [0.2, 0.25) is 0 Å². The van der Waals surface area contributed by atoms with E-state index in [1.54, 1.807) is 11.8 Å². The summed E-state index contributed by atoms with van der Waals surface area (Å²) in [4.78, 5) is 12.5. The fourth-order valence-corrected chi connectivity index (χ4v) is 3.39. The van der Waals surface area contributed by atoms with Gasteiger partial charge in [0, 0.05) is 16.2 Å². The second-order valence-electron chi connectivity index (χ2n) is 4.87. The molecule has 0 saturated carbocycles. The van der Waals surface area contributed by atoms with Crippen molar-refractivity contribution in [2.45, 2.75) is 36.5 Å². The van der Waals surface area contributed by atoms with Gasteiger partial charge in [-0.25, -0.2) is 0 Å². The average molecular weight is 265 g/mol. The summed E-state index contributed by atoms with van der Waals surface area (Å²) in [6, 6.07) is 8.07. The number of carboxylic acids is 1. The van der Waals surface area contributed by atoms with Crippen LogP contribution in [0.15, 0.2) is 29.2 Å². The lowest BCUT2D eigenvalue weighted by molar-refractivity contribution is -0.142. The highest BCUT2D eigenvalue weighted by atomic mass is 32.2. The lowest BCUT2D eigenvalue weighted by atomic mass is 9.94. The zero-order valence-electron chi connectivity index (χ0n) is 10.7. The summed E-state index contributed by atoms with van der Waals surface area (Å²) in [7, 11) is 0. The molecule has 2 atom stereocenters. The van der Waals surface area contributed by atoms with Crippen LogP contribution in [0, 0.1) is 5.92 Å². The number of nitrogens with one attached hydrogen (secondary N) is 1. The number of rotatable bonds is 4. The number of benzene rings is 1. The highest BCUT2D eigenvalue weighted by Crippen LogP contribution is 2.36. The first kappa shape index (κ1) is 13.4. The zero-order chi connectivity index (χ0) is 13.1. The second-order valence-corrected chi connectivity index (χ2v) is 6.49. The molecule has 1 saturated heterocycles. The van der Waals surface area contributed by atoms with Gasteiger partial charge in [0.05, 0.1) is 5.92 Å². The van der Waals surface area contributed by atoms with Gasteiger partial charge in [-0.3, -0.25) is 4.79 Å². The molecule has 1 aliphatic rings. The topological polar surface area (TPSA) is 49.3 Å². The van der Waals surface area contributed by atoms with Crippen molar-refractivity contribution in [3.05, 3.63) is 29.8 Å². The van der Waals surface area contributed by atoms with Crippen LogP contribution < -0.4 is 5.32 Å². The van der Waals surface area contributed by atoms with Gasteiger partial charge in [-0.1, -0.05) is 32.0 Å². The average Bonchev–Trinajstić information content (AvgIpc) is 2.77. The van der Waals surface area contributed by atoms with Crippen molar-refractivity contribution in [1.82, 2.24) is 5.32 Å². The Bertz CT molecular complexity index is 434. The monoisotopic (exact) mass is 265 g/mol. The molecule has 4 heteroatoms. The van der Waals surface area contributed by atoms with Crippen LogP contribution in [-0.2, 0) is 4.79 Å². The van der Waals surface area contributed by atoms with E-state index in [4.69, 9.17) is 0 Å². The summed E-state index contributed by atoms with van der Waals surface area (Å²) in [5, 5.41) is 13.1. The van der Waals surface area contributed by atoms with E-state index in [2.05, 4.69) is 25.2 Å². The Hall–Kier alpha value is -1.00. The van der Waals surface area contributed by atoms with Crippen molar-refractivity contribution in [2.24, 2.45) is 5.92 Å². The van der Waals surface area contributed by atoms with Gasteiger partial charge < -0.3 is 10.4 Å². The van der Waals surface area contributed by atoms with Gasteiger partial charge in [0.1, 0.15) is 0 Å². The third kappa shape index (κ3) is 2.87. The van der Waals surface area contributed by atoms with E-state index in [0.717, 1.165) is 12.1 Å². The molecule has 0 aromatic heterocycles. The van der Waals surface area contributed by atoms with Crippen LogP contribution in [0.3, 0.4) is 0 Å². The highest BCUT2D eigenvalue weighted by molar-refractivity contribution is 8.00. The van der Waals surface area contributed by atoms with Crippen LogP contribution in [0.1, 0.15) is 31.9 Å². The van der Waals surface area contributed by atoms with Crippen molar-refractivity contribution in [2.75, 3.05) is 6.54 Å². The molecular formula is C14H19NO2S. The zero-order valence-corrected chi connectivity index (χ0v) is 11.5. The summed E-state index contributed by atoms with van der Waals surface area (Å²) < 4.78 is 0. The third-order valence-electron chi connectivity index (χ3n) is 3.16. The van der Waals surface area contributed by atoms with Crippen molar-refractivity contribution in [3.8, 4) is 0 Å². The highest BCUT2D eigenvalue weighted by Gasteiger charge is 2.34. The molecule has 2 rings (SSSR count). The normalized spacial score (nSPS) is 23.5. The molecule has 3 nitrogen and oxygen atoms in total. The van der Waals surface area contributed by atoms with Crippen molar-refractivity contribution in [3.63, 3.8) is 0 Å². The SMILES string of the molecule is CC(C)Sc1ccccc1C1NCCC1C(=O)O. The Balaban J connectivity index is 2.29. The van der Waals surface area contributed by atoms with Crippen LogP contribution in [0.5, 0.6) is 0 Å². The number of thioether (sulfide) groups is 1. The Morgan fingerprint density at radius 3 is 2.83 bits per heavy atom. The molecule has 1 aromatic carbocycles. The lowest BCUT2D eigenvalue weighted by Gasteiger charge is -2.20. The number of hydrogen-bond acceptors (Lipinski definition) is 3. The first-order valence-electron chi connectivity index (χ1n) is 6.31. The molecule has 1 aliphatic heterocycles. The standard InChI is InChI=1S/C14H19NO2S/c1-9(2)18-12-6-4-3-5-10(12)13-11(14(16)17)7-8-15-13/h3-6,9,11,13,15H,7-8H2,1-2H3,(H,16,17). The van der Waals surface area contributed by atoms with Gasteiger partial charge in [-0.2, -0.15) is 0 Å². The van der Waals surface area contributed by atoms with E-state index >= 15 is 0 Å². The number of hydrogen-bond donors (Lipinski definition) is 2. The number of aliphatic carboxylic acids is 1. The Morgan fingerprint density at radius 1 is 1.44 bits per heavy atom. The summed E-state index contributed by atoms with van der Waals surface area (Å²) >= 11 is 1.79. The quantitative estimate of drug-likeness (QED) is 0.822. The van der Waals surface area contributed by atoms with E-state index in [0.29, 0.717) is 11.7 Å². The van der Waals surface area contributed by atoms with E-state index < -0.39 is 5.97 Å². The predicted molar refractivity (Wildman–Crippen MR) is 73.9 cm³/mol. The summed E-state index contributed by atoms with van der Waals surface area (Å²) in [5.74, 6) is -1.01. The van der Waals surface area contributed by atoms with Gasteiger partial charge in [0.2, 0.25) is 0 Å². The summed E-state index contributed by atoms with van der Waals surface area (Å²) in [5.41, 5.74) is 1.13. The molecule has 0 spiro atoms. The molecule has 0 radical (unpaired) electrons. The maximum Gasteiger partial charge on any atom is 0.308 e. The van der Waals surface area contributed by atoms with E-state index in [1.807, 2.05) is 18.2 Å². The number of carbonyl (C=O) groups is 1. The Morgan fingerprint density at radius 2 is 2.17 bits per heavy atom. The molecule has 18 heavy (non-hydrogen) atoms. The smallest absolute Gasteiger partial charge is 0.308 e. The summed E-state index contributed by atoms with van der Waals surface area (Å²) in [6.45, 7) is 5.08. The molecule has 2 N–H and O–H groups in total. The van der Waals surface area contributed by atoms with Gasteiger partial charge in [-0.15, -0.1) is 11.8 Å². The van der Waals surface area contributed by atoms with Gasteiger partial charge in [0.25, 0.3) is 0 Å². The lowest BCUT2D eigenvalue weighted by Crippen LogP contribution is -2.23. The second kappa shape index (κ2) is 5.76. The van der Waals surface area contributed by atoms with E-state index in [-0.39, 0.29) is 12.0 Å². The van der Waals surface area contributed by atoms with Gasteiger partial charge >= 0.3 is 5.97 Å². The molecule has 98 valence electrons. The molecular weight excluding hydrogens is 246 g/mol. The minimum atomic E-state index is -0.700. The Kier molecular flexibility index (Phi) is 4.30. The minimum Gasteiger partial charge on any atom is -0.481 e. The predicted octanol–water partition coefficient (Wildman–Crippen LogP) is 2.92. The van der Waals surface area contributed by atoms with E-state index in [9.17, 15) is 9.90 Å². The fourth-order valence-electron chi connectivity index (χ4n) is 2.39. The van der Waals surface area contributed by atoms with Crippen LogP contribution in [0.4, 0.5) is 0 Å². The molecule has 0 amide bonds. The molecule has 1 heterocycles. The molecule has 1 aromatic rings.